The van der Waals surface area contributed by atoms with Gasteiger partial charge in [0, 0.05) is 12.8 Å². The standard InChI is InChI=1S/C18H20O7/c1-24-14-5-3-10(6-13(14)20)2-4-12(19)7-11-8-18(23)9-15(16(11)21)25-17(18)22/h2-6,11,15-16,20-21,23H,7-9H2,1H3/b4-2+. The first-order valence-electron chi connectivity index (χ1n) is 8.02. The fourth-order valence-electron chi connectivity index (χ4n) is 3.44. The van der Waals surface area contributed by atoms with Crippen molar-refractivity contribution in [1.82, 2.24) is 0 Å². The number of aliphatic hydroxyl groups is 2. The number of carbonyl (C=O) groups is 2. The summed E-state index contributed by atoms with van der Waals surface area (Å²) in [5.74, 6) is -1.22. The Bertz CT molecular complexity index is 726. The summed E-state index contributed by atoms with van der Waals surface area (Å²) in [6.45, 7) is 0. The van der Waals surface area contributed by atoms with Crippen molar-refractivity contribution in [2.45, 2.75) is 37.1 Å². The van der Waals surface area contributed by atoms with E-state index in [9.17, 15) is 24.9 Å². The molecule has 4 atom stereocenters. The Balaban J connectivity index is 1.64. The summed E-state index contributed by atoms with van der Waals surface area (Å²) in [6, 6.07) is 4.74. The maximum Gasteiger partial charge on any atom is 0.338 e. The zero-order valence-corrected chi connectivity index (χ0v) is 13.7. The van der Waals surface area contributed by atoms with Crippen LogP contribution in [0.4, 0.5) is 0 Å². The Morgan fingerprint density at radius 2 is 2.20 bits per heavy atom. The highest BCUT2D eigenvalue weighted by molar-refractivity contribution is 5.94. The molecule has 1 aliphatic carbocycles. The molecule has 7 heteroatoms. The van der Waals surface area contributed by atoms with E-state index in [-0.39, 0.29) is 30.8 Å². The first-order valence-corrected chi connectivity index (χ1v) is 8.02. The molecule has 3 rings (SSSR count). The summed E-state index contributed by atoms with van der Waals surface area (Å²) >= 11 is 0. The molecule has 1 saturated carbocycles. The van der Waals surface area contributed by atoms with E-state index in [4.69, 9.17) is 9.47 Å². The van der Waals surface area contributed by atoms with Gasteiger partial charge in [-0.25, -0.2) is 4.79 Å². The van der Waals surface area contributed by atoms with Gasteiger partial charge in [-0.3, -0.25) is 4.79 Å². The minimum atomic E-state index is -1.60. The molecule has 1 aliphatic heterocycles. The molecule has 2 fully saturated rings. The lowest BCUT2D eigenvalue weighted by molar-refractivity contribution is -0.154. The van der Waals surface area contributed by atoms with Crippen LogP contribution in [0.2, 0.25) is 0 Å². The van der Waals surface area contributed by atoms with E-state index in [0.29, 0.717) is 11.3 Å². The average Bonchev–Trinajstić information content (AvgIpc) is 2.82. The van der Waals surface area contributed by atoms with Crippen LogP contribution in [0.25, 0.3) is 6.08 Å². The van der Waals surface area contributed by atoms with E-state index in [1.807, 2.05) is 0 Å². The van der Waals surface area contributed by atoms with Gasteiger partial charge in [0.05, 0.1) is 13.2 Å². The minimum absolute atomic E-state index is 0.00471. The third kappa shape index (κ3) is 3.38. The van der Waals surface area contributed by atoms with Gasteiger partial charge in [0.2, 0.25) is 0 Å². The smallest absolute Gasteiger partial charge is 0.338 e. The first kappa shape index (κ1) is 17.4. The zero-order chi connectivity index (χ0) is 18.2. The number of phenolic OH excluding ortho intramolecular Hbond substituents is 1. The summed E-state index contributed by atoms with van der Waals surface area (Å²) in [5, 5.41) is 30.1. The fraction of sp³-hybridized carbons (Fsp3) is 0.444. The van der Waals surface area contributed by atoms with Crippen LogP contribution >= 0.6 is 0 Å². The number of hydrogen-bond acceptors (Lipinski definition) is 7. The van der Waals surface area contributed by atoms with Gasteiger partial charge in [0.15, 0.2) is 22.9 Å². The Kier molecular flexibility index (Phi) is 4.53. The van der Waals surface area contributed by atoms with Gasteiger partial charge in [-0.15, -0.1) is 0 Å². The third-order valence-electron chi connectivity index (χ3n) is 4.77. The van der Waals surface area contributed by atoms with Crippen LogP contribution < -0.4 is 4.74 Å². The lowest BCUT2D eigenvalue weighted by Crippen LogP contribution is -2.46. The van der Waals surface area contributed by atoms with E-state index in [1.165, 1.54) is 19.3 Å². The van der Waals surface area contributed by atoms with Crippen LogP contribution in [0.15, 0.2) is 24.3 Å². The fourth-order valence-corrected chi connectivity index (χ4v) is 3.44. The second-order valence-corrected chi connectivity index (χ2v) is 6.57. The van der Waals surface area contributed by atoms with Gasteiger partial charge in [-0.05, 0) is 36.1 Å². The largest absolute Gasteiger partial charge is 0.504 e. The number of esters is 1. The molecule has 4 unspecified atom stereocenters. The van der Waals surface area contributed by atoms with Crippen molar-refractivity contribution < 1.29 is 34.4 Å². The second-order valence-electron chi connectivity index (χ2n) is 6.57. The van der Waals surface area contributed by atoms with Gasteiger partial charge in [0.1, 0.15) is 6.10 Å². The summed E-state index contributed by atoms with van der Waals surface area (Å²) in [5.41, 5.74) is -0.978. The normalized spacial score (nSPS) is 31.2. The number of aliphatic hydroxyl groups excluding tert-OH is 1. The van der Waals surface area contributed by atoms with E-state index in [2.05, 4.69) is 0 Å². The zero-order valence-electron chi connectivity index (χ0n) is 13.7. The topological polar surface area (TPSA) is 113 Å². The molecule has 1 heterocycles. The Morgan fingerprint density at radius 1 is 1.44 bits per heavy atom. The molecule has 0 radical (unpaired) electrons. The van der Waals surface area contributed by atoms with Gasteiger partial charge >= 0.3 is 5.97 Å². The molecule has 1 aromatic rings. The molecule has 1 saturated heterocycles. The van der Waals surface area contributed by atoms with Crippen molar-refractivity contribution >= 4 is 17.8 Å². The molecule has 1 aromatic carbocycles. The number of benzene rings is 1. The quantitative estimate of drug-likeness (QED) is 0.533. The number of methoxy groups -OCH3 is 1. The number of phenols is 1. The molecule has 2 aliphatic rings. The number of carbonyl (C=O) groups excluding carboxylic acids is 2. The van der Waals surface area contributed by atoms with Gasteiger partial charge in [-0.1, -0.05) is 12.1 Å². The number of ether oxygens (including phenoxy) is 2. The molecule has 3 N–H and O–H groups in total. The number of rotatable bonds is 5. The lowest BCUT2D eigenvalue weighted by atomic mass is 9.75. The number of fused-ring (bicyclic) bond motifs is 2. The van der Waals surface area contributed by atoms with Crippen molar-refractivity contribution in [1.29, 1.82) is 0 Å². The van der Waals surface area contributed by atoms with Crippen LogP contribution in [0.3, 0.4) is 0 Å². The van der Waals surface area contributed by atoms with Crippen LogP contribution in [-0.2, 0) is 14.3 Å². The maximum atomic E-state index is 12.2. The van der Waals surface area contributed by atoms with Crippen molar-refractivity contribution in [3.63, 3.8) is 0 Å². The summed E-state index contributed by atoms with van der Waals surface area (Å²) < 4.78 is 9.92. The first-order chi connectivity index (χ1) is 11.8. The molecule has 0 spiro atoms. The highest BCUT2D eigenvalue weighted by atomic mass is 16.6. The highest BCUT2D eigenvalue weighted by Gasteiger charge is 2.57. The SMILES string of the molecule is COc1ccc(/C=C/C(=O)CC2CC3(O)CC(OC3=O)C2O)cc1O. The van der Waals surface area contributed by atoms with Crippen molar-refractivity contribution in [2.24, 2.45) is 5.92 Å². The van der Waals surface area contributed by atoms with Crippen LogP contribution in [0.1, 0.15) is 24.8 Å². The molecule has 7 nitrogen and oxygen atoms in total. The third-order valence-corrected chi connectivity index (χ3v) is 4.77. The van der Waals surface area contributed by atoms with Crippen LogP contribution in [0, 0.1) is 5.92 Å². The molecule has 25 heavy (non-hydrogen) atoms. The molecule has 0 amide bonds. The Labute approximate surface area is 144 Å². The van der Waals surface area contributed by atoms with Crippen LogP contribution in [0.5, 0.6) is 11.5 Å². The number of hydrogen-bond donors (Lipinski definition) is 3. The number of aromatic hydroxyl groups is 1. The van der Waals surface area contributed by atoms with Crippen molar-refractivity contribution in [3.8, 4) is 11.5 Å². The van der Waals surface area contributed by atoms with Gasteiger partial charge in [0.25, 0.3) is 0 Å². The van der Waals surface area contributed by atoms with E-state index in [1.54, 1.807) is 18.2 Å². The lowest BCUT2D eigenvalue weighted by Gasteiger charge is -2.33. The maximum absolute atomic E-state index is 12.2. The summed E-state index contributed by atoms with van der Waals surface area (Å²) in [6.07, 6.45) is 1.24. The van der Waals surface area contributed by atoms with E-state index < -0.39 is 29.7 Å². The average molecular weight is 348 g/mol. The van der Waals surface area contributed by atoms with E-state index >= 15 is 0 Å². The summed E-state index contributed by atoms with van der Waals surface area (Å²) in [7, 11) is 1.44. The highest BCUT2D eigenvalue weighted by Crippen LogP contribution is 2.42. The second kappa shape index (κ2) is 6.50. The van der Waals surface area contributed by atoms with Gasteiger partial charge < -0.3 is 24.8 Å². The van der Waals surface area contributed by atoms with Crippen molar-refractivity contribution in [3.05, 3.63) is 29.8 Å². The molecular formula is C18H20O7. The van der Waals surface area contributed by atoms with Gasteiger partial charge in [-0.2, -0.15) is 0 Å². The molecule has 2 bridgehead atoms. The Hall–Kier alpha value is -2.38. The monoisotopic (exact) mass is 348 g/mol. The molecule has 134 valence electrons. The predicted octanol–water partition coefficient (Wildman–Crippen LogP) is 0.801. The van der Waals surface area contributed by atoms with Crippen molar-refractivity contribution in [2.75, 3.05) is 7.11 Å². The van der Waals surface area contributed by atoms with Crippen LogP contribution in [-0.4, -0.2) is 52.0 Å². The predicted molar refractivity (Wildman–Crippen MR) is 86.9 cm³/mol. The molecule has 0 aromatic heterocycles. The summed E-state index contributed by atoms with van der Waals surface area (Å²) in [4.78, 5) is 23.8. The number of allylic oxidation sites excluding steroid dienone is 1. The molecular weight excluding hydrogens is 328 g/mol. The minimum Gasteiger partial charge on any atom is -0.504 e. The Morgan fingerprint density at radius 3 is 2.88 bits per heavy atom. The van der Waals surface area contributed by atoms with E-state index in [0.717, 1.165) is 0 Å². The number of ketones is 1.